The fourth-order valence-electron chi connectivity index (χ4n) is 2.71. The van der Waals surface area contributed by atoms with Gasteiger partial charge >= 0.3 is 0 Å². The van der Waals surface area contributed by atoms with E-state index in [1.165, 1.54) is 6.07 Å². The average Bonchev–Trinajstić information content (AvgIpc) is 3.02. The Morgan fingerprint density at radius 2 is 1.70 bits per heavy atom. The standard InChI is InChI=1S/C18H13NO4/c20-13-9-16(21)19-18(11-4-2-1-3-5-11)17(13)12-6-7-14-15(8-12)23-10-22-14/h1-9H,10H2,(H2,19,20,21). The van der Waals surface area contributed by atoms with Crippen molar-refractivity contribution in [1.82, 2.24) is 4.98 Å². The van der Waals surface area contributed by atoms with E-state index in [2.05, 4.69) is 4.98 Å². The summed E-state index contributed by atoms with van der Waals surface area (Å²) in [5.74, 6) is 1.21. The van der Waals surface area contributed by atoms with E-state index in [1.807, 2.05) is 36.4 Å². The molecule has 0 amide bonds. The van der Waals surface area contributed by atoms with Gasteiger partial charge in [-0.05, 0) is 23.3 Å². The number of nitrogens with one attached hydrogen (secondary N) is 1. The van der Waals surface area contributed by atoms with Crippen molar-refractivity contribution in [3.63, 3.8) is 0 Å². The van der Waals surface area contributed by atoms with Gasteiger partial charge in [0.05, 0.1) is 5.69 Å². The highest BCUT2D eigenvalue weighted by molar-refractivity contribution is 5.85. The second kappa shape index (κ2) is 5.21. The first kappa shape index (κ1) is 13.5. The van der Waals surface area contributed by atoms with Crippen LogP contribution in [0.25, 0.3) is 22.4 Å². The van der Waals surface area contributed by atoms with E-state index in [9.17, 15) is 9.90 Å². The molecule has 0 bridgehead atoms. The van der Waals surface area contributed by atoms with Crippen molar-refractivity contribution in [2.45, 2.75) is 0 Å². The monoisotopic (exact) mass is 307 g/mol. The van der Waals surface area contributed by atoms with Crippen LogP contribution >= 0.6 is 0 Å². The largest absolute Gasteiger partial charge is 0.507 e. The van der Waals surface area contributed by atoms with Crippen molar-refractivity contribution in [3.8, 4) is 39.6 Å². The summed E-state index contributed by atoms with van der Waals surface area (Å²) in [4.78, 5) is 14.6. The maximum atomic E-state index is 11.8. The summed E-state index contributed by atoms with van der Waals surface area (Å²) >= 11 is 0. The summed E-state index contributed by atoms with van der Waals surface area (Å²) in [6.45, 7) is 0.182. The predicted octanol–water partition coefficient (Wildman–Crippen LogP) is 3.14. The minimum atomic E-state index is -0.356. The van der Waals surface area contributed by atoms with Gasteiger partial charge in [-0.3, -0.25) is 4.79 Å². The van der Waals surface area contributed by atoms with E-state index in [0.29, 0.717) is 22.8 Å². The minimum absolute atomic E-state index is 0.0773. The normalized spacial score (nSPS) is 12.3. The third-order valence-corrected chi connectivity index (χ3v) is 3.75. The Morgan fingerprint density at radius 3 is 2.52 bits per heavy atom. The zero-order valence-corrected chi connectivity index (χ0v) is 12.1. The Morgan fingerprint density at radius 1 is 0.913 bits per heavy atom. The van der Waals surface area contributed by atoms with E-state index in [1.54, 1.807) is 12.1 Å². The van der Waals surface area contributed by atoms with Gasteiger partial charge in [-0.25, -0.2) is 0 Å². The van der Waals surface area contributed by atoms with Crippen molar-refractivity contribution >= 4 is 0 Å². The van der Waals surface area contributed by atoms with Gasteiger partial charge in [-0.2, -0.15) is 0 Å². The fraction of sp³-hybridized carbons (Fsp3) is 0.0556. The Bertz CT molecular complexity index is 931. The molecular weight excluding hydrogens is 294 g/mol. The maximum absolute atomic E-state index is 11.8. The van der Waals surface area contributed by atoms with Crippen molar-refractivity contribution in [2.75, 3.05) is 6.79 Å². The Balaban J connectivity index is 1.96. The van der Waals surface area contributed by atoms with Crippen LogP contribution in [0.4, 0.5) is 0 Å². The number of hydrogen-bond acceptors (Lipinski definition) is 4. The molecule has 5 nitrogen and oxygen atoms in total. The molecule has 0 aliphatic carbocycles. The lowest BCUT2D eigenvalue weighted by Crippen LogP contribution is -2.06. The van der Waals surface area contributed by atoms with Crippen LogP contribution in [0.15, 0.2) is 59.4 Å². The summed E-state index contributed by atoms with van der Waals surface area (Å²) in [6, 6.07) is 16.0. The van der Waals surface area contributed by atoms with Crippen LogP contribution in [0, 0.1) is 0 Å². The molecule has 0 unspecified atom stereocenters. The van der Waals surface area contributed by atoms with Crippen molar-refractivity contribution < 1.29 is 14.6 Å². The number of hydrogen-bond donors (Lipinski definition) is 2. The molecule has 2 aromatic carbocycles. The third-order valence-electron chi connectivity index (χ3n) is 3.75. The predicted molar refractivity (Wildman–Crippen MR) is 85.7 cm³/mol. The number of aromatic amines is 1. The number of fused-ring (bicyclic) bond motifs is 1. The minimum Gasteiger partial charge on any atom is -0.507 e. The van der Waals surface area contributed by atoms with Crippen LogP contribution in [-0.4, -0.2) is 16.9 Å². The molecule has 2 heterocycles. The van der Waals surface area contributed by atoms with E-state index < -0.39 is 0 Å². The second-order valence-corrected chi connectivity index (χ2v) is 5.20. The van der Waals surface area contributed by atoms with E-state index in [-0.39, 0.29) is 18.1 Å². The molecule has 1 aromatic heterocycles. The highest BCUT2D eigenvalue weighted by atomic mass is 16.7. The smallest absolute Gasteiger partial charge is 0.252 e. The first-order valence-corrected chi connectivity index (χ1v) is 7.14. The van der Waals surface area contributed by atoms with Gasteiger partial charge < -0.3 is 19.6 Å². The number of ether oxygens (including phenoxy) is 2. The Labute approximate surface area is 131 Å². The number of pyridine rings is 1. The van der Waals surface area contributed by atoms with Crippen LogP contribution in [-0.2, 0) is 0 Å². The first-order chi connectivity index (χ1) is 11.2. The van der Waals surface area contributed by atoms with Crippen LogP contribution in [0.3, 0.4) is 0 Å². The number of aromatic hydroxyl groups is 1. The molecule has 0 spiro atoms. The van der Waals surface area contributed by atoms with Gasteiger partial charge in [0, 0.05) is 11.6 Å². The molecule has 2 N–H and O–H groups in total. The lowest BCUT2D eigenvalue weighted by atomic mass is 9.98. The van der Waals surface area contributed by atoms with Crippen molar-refractivity contribution in [2.24, 2.45) is 0 Å². The van der Waals surface area contributed by atoms with Gasteiger partial charge in [-0.1, -0.05) is 36.4 Å². The van der Waals surface area contributed by atoms with Gasteiger partial charge in [0.25, 0.3) is 5.56 Å². The number of H-pyrrole nitrogens is 1. The third kappa shape index (κ3) is 2.32. The van der Waals surface area contributed by atoms with Gasteiger partial charge in [0.2, 0.25) is 6.79 Å². The zero-order valence-electron chi connectivity index (χ0n) is 12.1. The van der Waals surface area contributed by atoms with E-state index >= 15 is 0 Å². The number of benzene rings is 2. The number of rotatable bonds is 2. The molecule has 0 atom stereocenters. The number of aromatic nitrogens is 1. The van der Waals surface area contributed by atoms with Gasteiger partial charge in [-0.15, -0.1) is 0 Å². The molecule has 0 saturated heterocycles. The van der Waals surface area contributed by atoms with Crippen molar-refractivity contribution in [1.29, 1.82) is 0 Å². The highest BCUT2D eigenvalue weighted by Crippen LogP contribution is 2.41. The average molecular weight is 307 g/mol. The lowest BCUT2D eigenvalue weighted by molar-refractivity contribution is 0.174. The summed E-state index contributed by atoms with van der Waals surface area (Å²) in [5.41, 5.74) is 2.31. The molecule has 23 heavy (non-hydrogen) atoms. The summed E-state index contributed by atoms with van der Waals surface area (Å²) in [5, 5.41) is 10.3. The molecule has 0 saturated carbocycles. The zero-order chi connectivity index (χ0) is 15.8. The summed E-state index contributed by atoms with van der Waals surface area (Å²) < 4.78 is 10.7. The van der Waals surface area contributed by atoms with E-state index in [4.69, 9.17) is 9.47 Å². The molecular formula is C18H13NO4. The van der Waals surface area contributed by atoms with Crippen LogP contribution in [0.5, 0.6) is 17.2 Å². The van der Waals surface area contributed by atoms with E-state index in [0.717, 1.165) is 11.1 Å². The second-order valence-electron chi connectivity index (χ2n) is 5.20. The SMILES string of the molecule is O=c1cc(O)c(-c2ccc3c(c2)OCO3)c(-c2ccccc2)[nH]1. The lowest BCUT2D eigenvalue weighted by Gasteiger charge is -2.12. The van der Waals surface area contributed by atoms with Crippen LogP contribution < -0.4 is 15.0 Å². The molecule has 1 aliphatic rings. The van der Waals surface area contributed by atoms with Crippen LogP contribution in [0.2, 0.25) is 0 Å². The molecule has 114 valence electrons. The molecule has 4 rings (SSSR count). The summed E-state index contributed by atoms with van der Waals surface area (Å²) in [6.07, 6.45) is 0. The maximum Gasteiger partial charge on any atom is 0.252 e. The van der Waals surface area contributed by atoms with Gasteiger partial charge in [0.15, 0.2) is 11.5 Å². The first-order valence-electron chi connectivity index (χ1n) is 7.14. The molecule has 1 aliphatic heterocycles. The Kier molecular flexibility index (Phi) is 3.05. The molecule has 0 radical (unpaired) electrons. The van der Waals surface area contributed by atoms with Gasteiger partial charge in [0.1, 0.15) is 5.75 Å². The summed E-state index contributed by atoms with van der Waals surface area (Å²) in [7, 11) is 0. The topological polar surface area (TPSA) is 71.6 Å². The Hall–Kier alpha value is -3.21. The molecule has 3 aromatic rings. The van der Waals surface area contributed by atoms with Crippen molar-refractivity contribution in [3.05, 3.63) is 65.0 Å². The quantitative estimate of drug-likeness (QED) is 0.763. The van der Waals surface area contributed by atoms with Crippen LogP contribution in [0.1, 0.15) is 0 Å². The fourth-order valence-corrected chi connectivity index (χ4v) is 2.71. The molecule has 0 fully saturated rings. The highest BCUT2D eigenvalue weighted by Gasteiger charge is 2.18. The molecule has 5 heteroatoms.